The van der Waals surface area contributed by atoms with Crippen molar-refractivity contribution >= 4 is 17.3 Å². The third-order valence-electron chi connectivity index (χ3n) is 4.57. The lowest BCUT2D eigenvalue weighted by atomic mass is 10.0. The van der Waals surface area contributed by atoms with Crippen LogP contribution < -0.4 is 19.7 Å². The standard InChI is InChI=1S/C21H19N3O3/c1-26-15-9-10-18(19(12-15)27-2)24-20(14-6-5-11-22-13-14)23-17-8-4-3-7-16(17)21(24)25/h3-13,20,23H,1-2H3/t20-/m1/s1. The summed E-state index contributed by atoms with van der Waals surface area (Å²) >= 11 is 0. The summed E-state index contributed by atoms with van der Waals surface area (Å²) in [4.78, 5) is 19.3. The number of pyridine rings is 1. The van der Waals surface area contributed by atoms with Crippen LogP contribution in [0.3, 0.4) is 0 Å². The zero-order chi connectivity index (χ0) is 18.8. The van der Waals surface area contributed by atoms with E-state index < -0.39 is 6.17 Å². The number of anilines is 2. The first-order valence-electron chi connectivity index (χ1n) is 8.54. The number of hydrogen-bond donors (Lipinski definition) is 1. The summed E-state index contributed by atoms with van der Waals surface area (Å²) in [6.07, 6.45) is 3.05. The Morgan fingerprint density at radius 1 is 1.04 bits per heavy atom. The molecule has 0 aliphatic carbocycles. The molecule has 0 saturated heterocycles. The van der Waals surface area contributed by atoms with Crippen LogP contribution in [-0.4, -0.2) is 25.1 Å². The van der Waals surface area contributed by atoms with Gasteiger partial charge in [-0.05, 0) is 30.3 Å². The molecule has 1 aliphatic rings. The van der Waals surface area contributed by atoms with Crippen LogP contribution in [-0.2, 0) is 0 Å². The lowest BCUT2D eigenvalue weighted by Gasteiger charge is -2.38. The van der Waals surface area contributed by atoms with Gasteiger partial charge in [0.05, 0.1) is 25.5 Å². The van der Waals surface area contributed by atoms with Crippen LogP contribution in [0.15, 0.2) is 67.0 Å². The van der Waals surface area contributed by atoms with Gasteiger partial charge in [-0.25, -0.2) is 0 Å². The number of amides is 1. The number of nitrogens with one attached hydrogen (secondary N) is 1. The topological polar surface area (TPSA) is 63.7 Å². The summed E-state index contributed by atoms with van der Waals surface area (Å²) in [5.74, 6) is 1.10. The van der Waals surface area contributed by atoms with E-state index >= 15 is 0 Å². The molecule has 2 heterocycles. The number of methoxy groups -OCH3 is 2. The van der Waals surface area contributed by atoms with E-state index in [9.17, 15) is 4.79 Å². The predicted octanol–water partition coefficient (Wildman–Crippen LogP) is 3.87. The van der Waals surface area contributed by atoms with Crippen LogP contribution in [0.4, 0.5) is 11.4 Å². The van der Waals surface area contributed by atoms with Crippen molar-refractivity contribution < 1.29 is 14.3 Å². The third-order valence-corrected chi connectivity index (χ3v) is 4.57. The average Bonchev–Trinajstić information content (AvgIpc) is 2.74. The number of fused-ring (bicyclic) bond motifs is 1. The number of carbonyl (C=O) groups is 1. The summed E-state index contributed by atoms with van der Waals surface area (Å²) in [5, 5.41) is 3.45. The molecule has 0 radical (unpaired) electrons. The molecule has 136 valence electrons. The van der Waals surface area contributed by atoms with E-state index in [1.54, 1.807) is 37.6 Å². The minimum absolute atomic E-state index is 0.110. The molecule has 0 unspecified atom stereocenters. The molecule has 0 saturated carbocycles. The van der Waals surface area contributed by atoms with Crippen molar-refractivity contribution in [3.63, 3.8) is 0 Å². The second-order valence-electron chi connectivity index (χ2n) is 6.09. The molecular weight excluding hydrogens is 342 g/mol. The molecule has 6 heteroatoms. The van der Waals surface area contributed by atoms with Crippen molar-refractivity contribution in [1.82, 2.24) is 4.98 Å². The summed E-state index contributed by atoms with van der Waals surface area (Å²) in [6, 6.07) is 16.7. The maximum atomic E-state index is 13.4. The Balaban J connectivity index is 1.89. The molecule has 27 heavy (non-hydrogen) atoms. The summed E-state index contributed by atoms with van der Waals surface area (Å²) < 4.78 is 10.8. The molecule has 3 aromatic rings. The zero-order valence-corrected chi connectivity index (χ0v) is 15.0. The first-order chi connectivity index (χ1) is 13.2. The number of carbonyl (C=O) groups excluding carboxylic acids is 1. The first-order valence-corrected chi connectivity index (χ1v) is 8.54. The van der Waals surface area contributed by atoms with Crippen molar-refractivity contribution in [1.29, 1.82) is 0 Å². The lowest BCUT2D eigenvalue weighted by molar-refractivity contribution is 0.0974. The monoisotopic (exact) mass is 361 g/mol. The number of para-hydroxylation sites is 1. The summed E-state index contributed by atoms with van der Waals surface area (Å²) in [6.45, 7) is 0. The largest absolute Gasteiger partial charge is 0.497 e. The number of aromatic nitrogens is 1. The fourth-order valence-corrected chi connectivity index (χ4v) is 3.26. The Morgan fingerprint density at radius 2 is 1.89 bits per heavy atom. The van der Waals surface area contributed by atoms with Crippen LogP contribution in [0.2, 0.25) is 0 Å². The van der Waals surface area contributed by atoms with Gasteiger partial charge in [0.25, 0.3) is 5.91 Å². The second kappa shape index (κ2) is 6.99. The first kappa shape index (κ1) is 16.9. The molecule has 0 spiro atoms. The highest BCUT2D eigenvalue weighted by atomic mass is 16.5. The highest BCUT2D eigenvalue weighted by Gasteiger charge is 2.35. The maximum absolute atomic E-state index is 13.4. The van der Waals surface area contributed by atoms with Gasteiger partial charge in [-0.2, -0.15) is 0 Å². The van der Waals surface area contributed by atoms with Gasteiger partial charge in [-0.3, -0.25) is 14.7 Å². The van der Waals surface area contributed by atoms with Crippen LogP contribution in [0.25, 0.3) is 0 Å². The maximum Gasteiger partial charge on any atom is 0.262 e. The number of benzene rings is 2. The molecular formula is C21H19N3O3. The molecule has 0 fully saturated rings. The second-order valence-corrected chi connectivity index (χ2v) is 6.09. The van der Waals surface area contributed by atoms with Crippen LogP contribution in [0, 0.1) is 0 Å². The van der Waals surface area contributed by atoms with Crippen molar-refractivity contribution in [2.45, 2.75) is 6.17 Å². The quantitative estimate of drug-likeness (QED) is 0.764. The zero-order valence-electron chi connectivity index (χ0n) is 15.0. The molecule has 1 atom stereocenters. The molecule has 0 bridgehead atoms. The Bertz CT molecular complexity index is 975. The molecule has 1 aromatic heterocycles. The molecule has 6 nitrogen and oxygen atoms in total. The lowest BCUT2D eigenvalue weighted by Crippen LogP contribution is -2.43. The van der Waals surface area contributed by atoms with E-state index in [0.29, 0.717) is 22.7 Å². The van der Waals surface area contributed by atoms with Gasteiger partial charge in [0, 0.05) is 29.7 Å². The fraction of sp³-hybridized carbons (Fsp3) is 0.143. The van der Waals surface area contributed by atoms with Crippen molar-refractivity contribution in [3.05, 3.63) is 78.1 Å². The van der Waals surface area contributed by atoms with Crippen molar-refractivity contribution in [2.75, 3.05) is 24.4 Å². The SMILES string of the molecule is COc1ccc(N2C(=O)c3ccccc3N[C@H]2c2cccnc2)c(OC)c1. The number of ether oxygens (including phenoxy) is 2. The highest BCUT2D eigenvalue weighted by molar-refractivity contribution is 6.12. The molecule has 2 aromatic carbocycles. The van der Waals surface area contributed by atoms with Gasteiger partial charge in [0.1, 0.15) is 17.7 Å². The molecule has 4 rings (SSSR count). The fourth-order valence-electron chi connectivity index (χ4n) is 3.26. The smallest absolute Gasteiger partial charge is 0.262 e. The van der Waals surface area contributed by atoms with Gasteiger partial charge >= 0.3 is 0 Å². The Hall–Kier alpha value is -3.54. The summed E-state index contributed by atoms with van der Waals surface area (Å²) in [5.41, 5.74) is 2.92. The van der Waals surface area contributed by atoms with Gasteiger partial charge < -0.3 is 14.8 Å². The Labute approximate surface area is 157 Å². The van der Waals surface area contributed by atoms with E-state index in [4.69, 9.17) is 9.47 Å². The van der Waals surface area contributed by atoms with E-state index in [-0.39, 0.29) is 5.91 Å². The Kier molecular flexibility index (Phi) is 4.38. The molecule has 1 amide bonds. The average molecular weight is 361 g/mol. The van der Waals surface area contributed by atoms with Crippen molar-refractivity contribution in [3.8, 4) is 11.5 Å². The van der Waals surface area contributed by atoms with E-state index in [1.165, 1.54) is 0 Å². The van der Waals surface area contributed by atoms with Gasteiger partial charge in [-0.15, -0.1) is 0 Å². The minimum atomic E-state index is -0.414. The molecule has 1 N–H and O–H groups in total. The van der Waals surface area contributed by atoms with Crippen LogP contribution >= 0.6 is 0 Å². The van der Waals surface area contributed by atoms with Crippen molar-refractivity contribution in [2.24, 2.45) is 0 Å². The predicted molar refractivity (Wildman–Crippen MR) is 103 cm³/mol. The normalized spacial score (nSPS) is 15.7. The number of hydrogen-bond acceptors (Lipinski definition) is 5. The number of nitrogens with zero attached hydrogens (tertiary/aromatic N) is 2. The third kappa shape index (κ3) is 2.95. The van der Waals surface area contributed by atoms with E-state index in [0.717, 1.165) is 11.3 Å². The van der Waals surface area contributed by atoms with Gasteiger partial charge in [0.2, 0.25) is 0 Å². The van der Waals surface area contributed by atoms with Crippen LogP contribution in [0.1, 0.15) is 22.1 Å². The van der Waals surface area contributed by atoms with E-state index in [1.807, 2.05) is 48.5 Å². The molecule has 1 aliphatic heterocycles. The van der Waals surface area contributed by atoms with Crippen LogP contribution in [0.5, 0.6) is 11.5 Å². The highest BCUT2D eigenvalue weighted by Crippen LogP contribution is 2.41. The van der Waals surface area contributed by atoms with E-state index in [2.05, 4.69) is 10.3 Å². The summed E-state index contributed by atoms with van der Waals surface area (Å²) in [7, 11) is 3.17. The number of rotatable bonds is 4. The van der Waals surface area contributed by atoms with Gasteiger partial charge in [0.15, 0.2) is 0 Å². The Morgan fingerprint density at radius 3 is 2.63 bits per heavy atom. The minimum Gasteiger partial charge on any atom is -0.497 e. The van der Waals surface area contributed by atoms with Gasteiger partial charge in [-0.1, -0.05) is 18.2 Å².